The molecule has 0 aromatic rings. The van der Waals surface area contributed by atoms with Gasteiger partial charge in [0.25, 0.3) is 0 Å². The Kier molecular flexibility index (Phi) is 2.88. The van der Waals surface area contributed by atoms with E-state index >= 15 is 0 Å². The fourth-order valence-corrected chi connectivity index (χ4v) is 1.60. The molecule has 0 saturated heterocycles. The Morgan fingerprint density at radius 2 is 2.42 bits per heavy atom. The maximum Gasteiger partial charge on any atom is 0.109 e. The van der Waals surface area contributed by atoms with Crippen molar-refractivity contribution in [3.8, 4) is 6.07 Å². The summed E-state index contributed by atoms with van der Waals surface area (Å²) in [6.45, 7) is 6.44. The van der Waals surface area contributed by atoms with Crippen LogP contribution in [0.25, 0.3) is 0 Å². The number of nitrogens with zero attached hydrogens (tertiary/aromatic N) is 1. The molecule has 2 heteroatoms. The Balaban J connectivity index is 2.57. The number of hydrogen-bond donors (Lipinski definition) is 1. The van der Waals surface area contributed by atoms with Crippen LogP contribution in [0.3, 0.4) is 0 Å². The minimum absolute atomic E-state index is 0.270. The van der Waals surface area contributed by atoms with Crippen LogP contribution in [0.5, 0.6) is 0 Å². The van der Waals surface area contributed by atoms with Gasteiger partial charge < -0.3 is 0 Å². The molecule has 1 fully saturated rings. The summed E-state index contributed by atoms with van der Waals surface area (Å²) in [5, 5.41) is 12.3. The molecule has 0 radical (unpaired) electrons. The topological polar surface area (TPSA) is 35.8 Å². The van der Waals surface area contributed by atoms with Gasteiger partial charge in [0, 0.05) is 6.54 Å². The van der Waals surface area contributed by atoms with E-state index in [2.05, 4.69) is 24.9 Å². The van der Waals surface area contributed by atoms with Gasteiger partial charge in [-0.1, -0.05) is 13.0 Å². The van der Waals surface area contributed by atoms with E-state index in [0.29, 0.717) is 5.92 Å². The van der Waals surface area contributed by atoms with Gasteiger partial charge in [-0.05, 0) is 25.2 Å². The van der Waals surface area contributed by atoms with E-state index in [4.69, 9.17) is 5.26 Å². The zero-order valence-corrected chi connectivity index (χ0v) is 7.64. The van der Waals surface area contributed by atoms with Crippen molar-refractivity contribution in [3.63, 3.8) is 0 Å². The summed E-state index contributed by atoms with van der Waals surface area (Å²) in [5.74, 6) is 0.576. The Labute approximate surface area is 74.3 Å². The first-order valence-electron chi connectivity index (χ1n) is 4.56. The quantitative estimate of drug-likeness (QED) is 0.629. The molecule has 1 N–H and O–H groups in total. The Morgan fingerprint density at radius 1 is 1.75 bits per heavy atom. The van der Waals surface area contributed by atoms with Crippen LogP contribution >= 0.6 is 0 Å². The Bertz CT molecular complexity index is 200. The monoisotopic (exact) mass is 164 g/mol. The standard InChI is InChI=1S/C10H16N2/c1-3-7-12-10(4-2,8-11)9-5-6-9/h3,9,12H,1,4-7H2,2H3. The molecule has 0 amide bonds. The molecule has 1 unspecified atom stereocenters. The van der Waals surface area contributed by atoms with Crippen molar-refractivity contribution in [1.29, 1.82) is 5.26 Å². The molecule has 12 heavy (non-hydrogen) atoms. The third-order valence-electron chi connectivity index (χ3n) is 2.59. The van der Waals surface area contributed by atoms with Gasteiger partial charge in [0.2, 0.25) is 0 Å². The number of hydrogen-bond acceptors (Lipinski definition) is 2. The lowest BCUT2D eigenvalue weighted by molar-refractivity contribution is 0.368. The molecule has 0 heterocycles. The molecule has 2 nitrogen and oxygen atoms in total. The van der Waals surface area contributed by atoms with Gasteiger partial charge in [0.15, 0.2) is 0 Å². The van der Waals surface area contributed by atoms with Gasteiger partial charge in [-0.25, -0.2) is 0 Å². The van der Waals surface area contributed by atoms with Crippen molar-refractivity contribution in [1.82, 2.24) is 5.32 Å². The summed E-state index contributed by atoms with van der Waals surface area (Å²) in [6, 6.07) is 2.40. The lowest BCUT2D eigenvalue weighted by Gasteiger charge is -2.25. The maximum atomic E-state index is 9.07. The van der Waals surface area contributed by atoms with E-state index < -0.39 is 0 Å². The lowest BCUT2D eigenvalue weighted by Crippen LogP contribution is -2.45. The zero-order valence-electron chi connectivity index (χ0n) is 7.64. The Morgan fingerprint density at radius 3 is 2.75 bits per heavy atom. The molecule has 1 atom stereocenters. The minimum atomic E-state index is -0.270. The van der Waals surface area contributed by atoms with Crippen LogP contribution in [-0.2, 0) is 0 Å². The summed E-state index contributed by atoms with van der Waals surface area (Å²) in [4.78, 5) is 0. The van der Waals surface area contributed by atoms with Crippen molar-refractivity contribution in [2.45, 2.75) is 31.7 Å². The Hall–Kier alpha value is -0.810. The molecule has 0 aliphatic heterocycles. The van der Waals surface area contributed by atoms with E-state index in [1.165, 1.54) is 12.8 Å². The predicted octanol–water partition coefficient (Wildman–Crippen LogP) is 1.84. The molecule has 1 aliphatic rings. The third kappa shape index (κ3) is 1.67. The van der Waals surface area contributed by atoms with Crippen LogP contribution in [0.2, 0.25) is 0 Å². The van der Waals surface area contributed by atoms with Gasteiger partial charge in [-0.15, -0.1) is 6.58 Å². The summed E-state index contributed by atoms with van der Waals surface area (Å²) >= 11 is 0. The molecule has 0 bridgehead atoms. The minimum Gasteiger partial charge on any atom is -0.296 e. The van der Waals surface area contributed by atoms with Crippen molar-refractivity contribution >= 4 is 0 Å². The van der Waals surface area contributed by atoms with Crippen LogP contribution in [0.15, 0.2) is 12.7 Å². The van der Waals surface area contributed by atoms with Crippen molar-refractivity contribution in [3.05, 3.63) is 12.7 Å². The van der Waals surface area contributed by atoms with Crippen LogP contribution in [0, 0.1) is 17.2 Å². The molecule has 1 aliphatic carbocycles. The fourth-order valence-electron chi connectivity index (χ4n) is 1.60. The first-order chi connectivity index (χ1) is 5.79. The van der Waals surface area contributed by atoms with E-state index in [9.17, 15) is 0 Å². The highest BCUT2D eigenvalue weighted by Gasteiger charge is 2.43. The van der Waals surface area contributed by atoms with Gasteiger partial charge in [-0.2, -0.15) is 5.26 Å². The normalized spacial score (nSPS) is 21.0. The zero-order chi connectivity index (χ0) is 9.03. The molecule has 0 aromatic carbocycles. The van der Waals surface area contributed by atoms with E-state index in [1.807, 2.05) is 6.08 Å². The van der Waals surface area contributed by atoms with E-state index in [0.717, 1.165) is 13.0 Å². The van der Waals surface area contributed by atoms with Crippen molar-refractivity contribution in [2.75, 3.05) is 6.54 Å². The highest BCUT2D eigenvalue weighted by molar-refractivity contribution is 5.14. The summed E-state index contributed by atoms with van der Waals surface area (Å²) in [5.41, 5.74) is -0.270. The highest BCUT2D eigenvalue weighted by atomic mass is 15.0. The summed E-state index contributed by atoms with van der Waals surface area (Å²) in [7, 11) is 0. The second kappa shape index (κ2) is 3.73. The van der Waals surface area contributed by atoms with Gasteiger partial charge in [-0.3, -0.25) is 5.32 Å². The average Bonchev–Trinajstić information content (AvgIpc) is 2.91. The average molecular weight is 164 g/mol. The number of nitriles is 1. The van der Waals surface area contributed by atoms with Crippen molar-refractivity contribution in [2.24, 2.45) is 5.92 Å². The fraction of sp³-hybridized carbons (Fsp3) is 0.700. The molecular weight excluding hydrogens is 148 g/mol. The van der Waals surface area contributed by atoms with Crippen LogP contribution in [0.4, 0.5) is 0 Å². The number of rotatable bonds is 5. The molecule has 0 spiro atoms. The first-order valence-corrected chi connectivity index (χ1v) is 4.56. The largest absolute Gasteiger partial charge is 0.296 e. The molecule has 0 aromatic heterocycles. The van der Waals surface area contributed by atoms with Crippen LogP contribution in [-0.4, -0.2) is 12.1 Å². The van der Waals surface area contributed by atoms with Crippen LogP contribution in [0.1, 0.15) is 26.2 Å². The summed E-state index contributed by atoms with van der Waals surface area (Å²) < 4.78 is 0. The first kappa shape index (κ1) is 9.28. The summed E-state index contributed by atoms with van der Waals surface area (Å²) in [6.07, 6.45) is 5.10. The lowest BCUT2D eigenvalue weighted by atomic mass is 9.92. The van der Waals surface area contributed by atoms with Gasteiger partial charge in [0.05, 0.1) is 6.07 Å². The third-order valence-corrected chi connectivity index (χ3v) is 2.59. The molecule has 66 valence electrons. The van der Waals surface area contributed by atoms with Crippen molar-refractivity contribution < 1.29 is 0 Å². The second-order valence-electron chi connectivity index (χ2n) is 3.38. The maximum absolute atomic E-state index is 9.07. The van der Waals surface area contributed by atoms with E-state index in [-0.39, 0.29) is 5.54 Å². The molecular formula is C10H16N2. The molecule has 1 saturated carbocycles. The predicted molar refractivity (Wildman–Crippen MR) is 49.6 cm³/mol. The molecule has 1 rings (SSSR count). The van der Waals surface area contributed by atoms with E-state index in [1.54, 1.807) is 0 Å². The number of nitrogens with one attached hydrogen (secondary N) is 1. The highest BCUT2D eigenvalue weighted by Crippen LogP contribution is 2.41. The second-order valence-corrected chi connectivity index (χ2v) is 3.38. The van der Waals surface area contributed by atoms with Crippen LogP contribution < -0.4 is 5.32 Å². The SMILES string of the molecule is C=CCNC(C#N)(CC)C1CC1. The van der Waals surface area contributed by atoms with Gasteiger partial charge in [0.1, 0.15) is 5.54 Å². The van der Waals surface area contributed by atoms with Gasteiger partial charge >= 0.3 is 0 Å². The smallest absolute Gasteiger partial charge is 0.109 e.